The molecule has 0 radical (unpaired) electrons. The highest BCUT2D eigenvalue weighted by molar-refractivity contribution is 7.91. The van der Waals surface area contributed by atoms with Crippen LogP contribution in [0.25, 0.3) is 0 Å². The van der Waals surface area contributed by atoms with Crippen LogP contribution in [0.5, 0.6) is 0 Å². The van der Waals surface area contributed by atoms with E-state index in [1.165, 1.54) is 0 Å². The molecular formula is C13H12N4O7S. The van der Waals surface area contributed by atoms with Crippen molar-refractivity contribution in [3.63, 3.8) is 0 Å². The molecule has 0 amide bonds. The molecule has 1 aliphatic heterocycles. The van der Waals surface area contributed by atoms with Crippen molar-refractivity contribution in [1.82, 2.24) is 9.55 Å². The molecule has 0 bridgehead atoms. The summed E-state index contributed by atoms with van der Waals surface area (Å²) in [6.07, 6.45) is 1.03. The molecule has 1 aliphatic rings. The number of ether oxygens (including phenoxy) is 1. The molecule has 2 aromatic rings. The Kier molecular flexibility index (Phi) is 3.80. The topological polar surface area (TPSA) is 151 Å². The highest BCUT2D eigenvalue weighted by atomic mass is 32.2. The summed E-state index contributed by atoms with van der Waals surface area (Å²) in [6, 6.07) is 4.21. The van der Waals surface area contributed by atoms with Gasteiger partial charge < -0.3 is 14.9 Å². The van der Waals surface area contributed by atoms with E-state index in [9.17, 15) is 28.6 Å². The van der Waals surface area contributed by atoms with E-state index in [2.05, 4.69) is 4.98 Å². The fourth-order valence-corrected chi connectivity index (χ4v) is 3.57. The number of nitrogens with zero attached hydrogens (tertiary/aromatic N) is 4. The lowest BCUT2D eigenvalue weighted by atomic mass is 10.2. The summed E-state index contributed by atoms with van der Waals surface area (Å²) in [7, 11) is -4.20. The number of rotatable bonds is 6. The Labute approximate surface area is 141 Å². The van der Waals surface area contributed by atoms with Crippen molar-refractivity contribution in [3.8, 4) is 0 Å². The smallest absolute Gasteiger partial charge is 0.368 e. The van der Waals surface area contributed by atoms with Crippen LogP contribution in [-0.4, -0.2) is 40.0 Å². The second-order valence-corrected chi connectivity index (χ2v) is 7.60. The first-order chi connectivity index (χ1) is 11.6. The predicted molar refractivity (Wildman–Crippen MR) is 81.8 cm³/mol. The molecule has 11 nitrogen and oxygen atoms in total. The second-order valence-electron chi connectivity index (χ2n) is 5.76. The number of benzene rings is 1. The molecule has 132 valence electrons. The molecule has 1 unspecified atom stereocenters. The van der Waals surface area contributed by atoms with Crippen molar-refractivity contribution in [1.29, 1.82) is 0 Å². The van der Waals surface area contributed by atoms with Gasteiger partial charge in [0.2, 0.25) is 0 Å². The lowest BCUT2D eigenvalue weighted by Crippen LogP contribution is -2.19. The van der Waals surface area contributed by atoms with Gasteiger partial charge in [0.15, 0.2) is 0 Å². The molecule has 25 heavy (non-hydrogen) atoms. The third-order valence-corrected chi connectivity index (χ3v) is 5.35. The van der Waals surface area contributed by atoms with Crippen LogP contribution < -0.4 is 0 Å². The standard InChI is InChI=1S/C13H12N4O7S/c1-13(8-24-13)7-15-6-11(17(20)21)14-12(15)25(22,23)10-4-2-9(3-5-10)16(18)19/h2-6H,7-8H2,1H3. The predicted octanol–water partition coefficient (Wildman–Crippen LogP) is 1.32. The summed E-state index contributed by atoms with van der Waals surface area (Å²) in [6.45, 7) is 2.21. The van der Waals surface area contributed by atoms with E-state index in [-0.39, 0.29) is 17.1 Å². The van der Waals surface area contributed by atoms with Gasteiger partial charge in [0.1, 0.15) is 11.8 Å². The Morgan fingerprint density at radius 1 is 1.24 bits per heavy atom. The molecule has 1 aromatic heterocycles. The van der Waals surface area contributed by atoms with Gasteiger partial charge in [0.05, 0.1) is 23.0 Å². The highest BCUT2D eigenvalue weighted by Crippen LogP contribution is 2.31. The van der Waals surface area contributed by atoms with Gasteiger partial charge in [-0.05, 0) is 29.0 Å². The van der Waals surface area contributed by atoms with E-state index in [0.717, 1.165) is 35.0 Å². The maximum absolute atomic E-state index is 12.8. The Balaban J connectivity index is 2.06. The zero-order valence-corrected chi connectivity index (χ0v) is 13.7. The number of non-ortho nitro benzene ring substituents is 1. The van der Waals surface area contributed by atoms with Crippen LogP contribution in [0.2, 0.25) is 0 Å². The number of imidazole rings is 1. The number of hydrogen-bond acceptors (Lipinski definition) is 8. The van der Waals surface area contributed by atoms with Gasteiger partial charge in [-0.15, -0.1) is 0 Å². The van der Waals surface area contributed by atoms with E-state index < -0.39 is 36.3 Å². The first-order valence-corrected chi connectivity index (χ1v) is 8.46. The zero-order valence-electron chi connectivity index (χ0n) is 12.9. The van der Waals surface area contributed by atoms with Crippen LogP contribution in [0.3, 0.4) is 0 Å². The van der Waals surface area contributed by atoms with Crippen LogP contribution in [0.15, 0.2) is 40.5 Å². The van der Waals surface area contributed by atoms with E-state index in [0.29, 0.717) is 6.61 Å². The van der Waals surface area contributed by atoms with Gasteiger partial charge >= 0.3 is 11.0 Å². The number of nitro benzene ring substituents is 1. The van der Waals surface area contributed by atoms with E-state index in [1.807, 2.05) is 0 Å². The minimum Gasteiger partial charge on any atom is -0.368 e. The quantitative estimate of drug-likeness (QED) is 0.420. The molecule has 0 aliphatic carbocycles. The molecule has 1 aromatic carbocycles. The van der Waals surface area contributed by atoms with Gasteiger partial charge in [-0.25, -0.2) is 8.42 Å². The van der Waals surface area contributed by atoms with Gasteiger partial charge in [0.25, 0.3) is 15.5 Å². The van der Waals surface area contributed by atoms with Crippen LogP contribution in [0.1, 0.15) is 6.92 Å². The molecular weight excluding hydrogens is 356 g/mol. The van der Waals surface area contributed by atoms with Crippen LogP contribution >= 0.6 is 0 Å². The molecule has 1 saturated heterocycles. The Hall–Kier alpha value is -2.86. The number of hydrogen-bond donors (Lipinski definition) is 0. The fourth-order valence-electron chi connectivity index (χ4n) is 2.23. The highest BCUT2D eigenvalue weighted by Gasteiger charge is 2.43. The van der Waals surface area contributed by atoms with Crippen molar-refractivity contribution in [2.45, 2.75) is 29.1 Å². The third kappa shape index (κ3) is 3.21. The molecule has 0 saturated carbocycles. The molecule has 2 heterocycles. The third-order valence-electron chi connectivity index (χ3n) is 3.65. The van der Waals surface area contributed by atoms with Crippen LogP contribution in [0, 0.1) is 20.2 Å². The van der Waals surface area contributed by atoms with E-state index >= 15 is 0 Å². The van der Waals surface area contributed by atoms with Gasteiger partial charge in [-0.3, -0.25) is 14.7 Å². The summed E-state index contributed by atoms with van der Waals surface area (Å²) in [5.41, 5.74) is -0.874. The van der Waals surface area contributed by atoms with Crippen molar-refractivity contribution < 1.29 is 23.0 Å². The lowest BCUT2D eigenvalue weighted by Gasteiger charge is -2.08. The van der Waals surface area contributed by atoms with Gasteiger partial charge in [0, 0.05) is 12.1 Å². The summed E-state index contributed by atoms with van der Waals surface area (Å²) < 4.78 is 31.9. The van der Waals surface area contributed by atoms with E-state index in [4.69, 9.17) is 4.74 Å². The van der Waals surface area contributed by atoms with Crippen LogP contribution in [0.4, 0.5) is 11.5 Å². The average molecular weight is 368 g/mol. The summed E-state index contributed by atoms with van der Waals surface area (Å²) in [5.74, 6) is -0.607. The van der Waals surface area contributed by atoms with Gasteiger partial charge in [-0.2, -0.15) is 0 Å². The normalized spacial score (nSPS) is 19.6. The van der Waals surface area contributed by atoms with Crippen LogP contribution in [-0.2, 0) is 21.1 Å². The van der Waals surface area contributed by atoms with Crippen molar-refractivity contribution in [3.05, 3.63) is 50.7 Å². The van der Waals surface area contributed by atoms with Crippen molar-refractivity contribution in [2.75, 3.05) is 6.61 Å². The average Bonchev–Trinajstić information content (AvgIpc) is 3.10. The summed E-state index contributed by atoms with van der Waals surface area (Å²) in [4.78, 5) is 23.6. The Morgan fingerprint density at radius 2 is 1.84 bits per heavy atom. The van der Waals surface area contributed by atoms with Crippen molar-refractivity contribution in [2.24, 2.45) is 0 Å². The number of sulfone groups is 1. The summed E-state index contributed by atoms with van der Waals surface area (Å²) in [5, 5.41) is 21.1. The maximum Gasteiger partial charge on any atom is 0.383 e. The molecule has 1 atom stereocenters. The number of epoxide rings is 1. The second kappa shape index (κ2) is 5.60. The molecule has 3 rings (SSSR count). The minimum absolute atomic E-state index is 0.0788. The Morgan fingerprint density at radius 3 is 2.32 bits per heavy atom. The first-order valence-electron chi connectivity index (χ1n) is 6.97. The lowest BCUT2D eigenvalue weighted by molar-refractivity contribution is -0.389. The van der Waals surface area contributed by atoms with Crippen molar-refractivity contribution >= 4 is 21.3 Å². The minimum atomic E-state index is -4.20. The monoisotopic (exact) mass is 368 g/mol. The Bertz CT molecular complexity index is 961. The number of nitro groups is 2. The molecule has 1 fully saturated rings. The zero-order chi connectivity index (χ0) is 18.4. The van der Waals surface area contributed by atoms with Gasteiger partial charge in [-0.1, -0.05) is 0 Å². The van der Waals surface area contributed by atoms with E-state index in [1.54, 1.807) is 6.92 Å². The first kappa shape index (κ1) is 17.0. The largest absolute Gasteiger partial charge is 0.383 e. The molecule has 12 heteroatoms. The number of aromatic nitrogens is 2. The fraction of sp³-hybridized carbons (Fsp3) is 0.308. The maximum atomic E-state index is 12.8. The SMILES string of the molecule is CC1(Cn2cc([N+](=O)[O-])nc2S(=O)(=O)c2ccc([N+](=O)[O-])cc2)CO1. The molecule has 0 spiro atoms. The summed E-state index contributed by atoms with van der Waals surface area (Å²) >= 11 is 0. The molecule has 0 N–H and O–H groups in total.